The summed E-state index contributed by atoms with van der Waals surface area (Å²) in [4.78, 5) is 10.9. The molecule has 1 fully saturated rings. The van der Waals surface area contributed by atoms with E-state index in [2.05, 4.69) is 0 Å². The van der Waals surface area contributed by atoms with Gasteiger partial charge in [0.15, 0.2) is 5.41 Å². The lowest BCUT2D eigenvalue weighted by Crippen LogP contribution is -2.26. The van der Waals surface area contributed by atoms with Gasteiger partial charge in [-0.1, -0.05) is 23.7 Å². The molecule has 1 aliphatic rings. The zero-order chi connectivity index (χ0) is 11.3. The van der Waals surface area contributed by atoms with Crippen LogP contribution in [0, 0.1) is 0 Å². The molecule has 1 atom stereocenters. The van der Waals surface area contributed by atoms with E-state index in [0.29, 0.717) is 5.02 Å². The van der Waals surface area contributed by atoms with E-state index in [1.54, 1.807) is 0 Å². The van der Waals surface area contributed by atoms with Crippen molar-refractivity contribution in [3.63, 3.8) is 0 Å². The van der Waals surface area contributed by atoms with Crippen molar-refractivity contribution in [1.29, 1.82) is 0 Å². The average molecular weight is 233 g/mol. The van der Waals surface area contributed by atoms with Gasteiger partial charge in [0.1, 0.15) is 0 Å². The van der Waals surface area contributed by atoms with E-state index in [-0.39, 0.29) is 5.56 Å². The van der Waals surface area contributed by atoms with Gasteiger partial charge in [0.2, 0.25) is 0 Å². The maximum atomic E-state index is 13.1. The minimum Gasteiger partial charge on any atom is -0.480 e. The number of carboxylic acid groups (broad SMARTS) is 1. The largest absolute Gasteiger partial charge is 0.480 e. The number of carbonyl (C=O) groups is 1. The standard InChI is InChI=1S/C10H7ClF2O2/c11-7-3-1-6(2-4-7)9(8(14)15)5-10(9,12)13/h1-4H,5H2,(H,14,15). The number of benzene rings is 1. The molecule has 0 amide bonds. The fourth-order valence-electron chi connectivity index (χ4n) is 1.69. The molecule has 0 radical (unpaired) electrons. The summed E-state index contributed by atoms with van der Waals surface area (Å²) in [5, 5.41) is 9.24. The molecule has 80 valence electrons. The molecule has 0 spiro atoms. The first-order chi connectivity index (χ1) is 6.90. The Hall–Kier alpha value is -1.16. The molecular formula is C10H7ClF2O2. The summed E-state index contributed by atoms with van der Waals surface area (Å²) in [5.41, 5.74) is -1.94. The molecule has 1 unspecified atom stereocenters. The number of aliphatic carboxylic acids is 1. The van der Waals surface area contributed by atoms with Crippen LogP contribution in [0.15, 0.2) is 24.3 Å². The molecule has 1 aliphatic carbocycles. The van der Waals surface area contributed by atoms with Crippen molar-refractivity contribution in [2.45, 2.75) is 17.8 Å². The van der Waals surface area contributed by atoms with Crippen LogP contribution in [0.3, 0.4) is 0 Å². The summed E-state index contributed by atoms with van der Waals surface area (Å²) in [6.07, 6.45) is -0.642. The Bertz CT molecular complexity index is 416. The predicted octanol–water partition coefficient (Wildman–Crippen LogP) is 2.70. The van der Waals surface area contributed by atoms with Crippen LogP contribution in [0.1, 0.15) is 12.0 Å². The van der Waals surface area contributed by atoms with Gasteiger partial charge < -0.3 is 5.11 Å². The molecule has 0 heterocycles. The van der Waals surface area contributed by atoms with Crippen molar-refractivity contribution >= 4 is 17.6 Å². The Morgan fingerprint density at radius 2 is 1.80 bits per heavy atom. The van der Waals surface area contributed by atoms with Crippen LogP contribution in [0.2, 0.25) is 5.02 Å². The molecule has 0 aromatic heterocycles. The summed E-state index contributed by atoms with van der Waals surface area (Å²) < 4.78 is 26.1. The van der Waals surface area contributed by atoms with Crippen LogP contribution in [0.5, 0.6) is 0 Å². The van der Waals surface area contributed by atoms with E-state index in [1.165, 1.54) is 24.3 Å². The van der Waals surface area contributed by atoms with Crippen LogP contribution >= 0.6 is 11.6 Å². The Balaban J connectivity index is 2.45. The number of hydrogen-bond donors (Lipinski definition) is 1. The molecule has 0 saturated heterocycles. The van der Waals surface area contributed by atoms with Crippen LogP contribution in [0.4, 0.5) is 8.78 Å². The summed E-state index contributed by atoms with van der Waals surface area (Å²) in [6.45, 7) is 0. The second-order valence-electron chi connectivity index (χ2n) is 3.60. The molecule has 2 nitrogen and oxygen atoms in total. The summed E-state index contributed by atoms with van der Waals surface area (Å²) in [5.74, 6) is -4.65. The van der Waals surface area contributed by atoms with Crippen molar-refractivity contribution < 1.29 is 18.7 Å². The number of alkyl halides is 2. The Morgan fingerprint density at radius 1 is 1.33 bits per heavy atom. The molecule has 1 aromatic rings. The number of carboxylic acids is 1. The van der Waals surface area contributed by atoms with Crippen molar-refractivity contribution in [3.05, 3.63) is 34.9 Å². The summed E-state index contributed by atoms with van der Waals surface area (Å²) in [7, 11) is 0. The fraction of sp³-hybridized carbons (Fsp3) is 0.300. The van der Waals surface area contributed by atoms with Crippen LogP contribution in [-0.2, 0) is 10.2 Å². The van der Waals surface area contributed by atoms with Crippen LogP contribution < -0.4 is 0 Å². The lowest BCUT2D eigenvalue weighted by molar-refractivity contribution is -0.142. The monoisotopic (exact) mass is 232 g/mol. The van der Waals surface area contributed by atoms with Crippen molar-refractivity contribution in [2.24, 2.45) is 0 Å². The first-order valence-electron chi connectivity index (χ1n) is 4.27. The van der Waals surface area contributed by atoms with Gasteiger partial charge in [-0.3, -0.25) is 4.79 Å². The smallest absolute Gasteiger partial charge is 0.320 e. The second kappa shape index (κ2) is 2.92. The maximum Gasteiger partial charge on any atom is 0.320 e. The highest BCUT2D eigenvalue weighted by molar-refractivity contribution is 6.30. The van der Waals surface area contributed by atoms with Gasteiger partial charge in [-0.25, -0.2) is 8.78 Å². The molecule has 15 heavy (non-hydrogen) atoms. The predicted molar refractivity (Wildman–Crippen MR) is 50.3 cm³/mol. The van der Waals surface area contributed by atoms with E-state index in [0.717, 1.165) is 0 Å². The van der Waals surface area contributed by atoms with Gasteiger partial charge in [-0.2, -0.15) is 0 Å². The maximum absolute atomic E-state index is 13.1. The highest BCUT2D eigenvalue weighted by Crippen LogP contribution is 2.61. The summed E-state index contributed by atoms with van der Waals surface area (Å²) in [6, 6.07) is 5.49. The molecule has 2 rings (SSSR count). The molecular weight excluding hydrogens is 226 g/mol. The van der Waals surface area contributed by atoms with Gasteiger partial charge in [0.05, 0.1) is 0 Å². The number of halogens is 3. The third kappa shape index (κ3) is 1.32. The van der Waals surface area contributed by atoms with Gasteiger partial charge in [-0.05, 0) is 17.7 Å². The van der Waals surface area contributed by atoms with Crippen LogP contribution in [0.25, 0.3) is 0 Å². The first kappa shape index (κ1) is 10.4. The minimum atomic E-state index is -3.16. The van der Waals surface area contributed by atoms with Gasteiger partial charge >= 0.3 is 5.97 Å². The number of hydrogen-bond acceptors (Lipinski definition) is 1. The van der Waals surface area contributed by atoms with E-state index in [4.69, 9.17) is 16.7 Å². The quantitative estimate of drug-likeness (QED) is 0.851. The third-order valence-electron chi connectivity index (χ3n) is 2.69. The van der Waals surface area contributed by atoms with Gasteiger partial charge in [0.25, 0.3) is 5.92 Å². The molecule has 1 N–H and O–H groups in total. The minimum absolute atomic E-state index is 0.101. The lowest BCUT2D eigenvalue weighted by atomic mass is 9.95. The lowest BCUT2D eigenvalue weighted by Gasteiger charge is -2.11. The topological polar surface area (TPSA) is 37.3 Å². The highest BCUT2D eigenvalue weighted by atomic mass is 35.5. The van der Waals surface area contributed by atoms with Crippen molar-refractivity contribution in [3.8, 4) is 0 Å². The SMILES string of the molecule is O=C(O)C1(c2ccc(Cl)cc2)CC1(F)F. The Kier molecular flexibility index (Phi) is 2.01. The zero-order valence-electron chi connectivity index (χ0n) is 7.51. The van der Waals surface area contributed by atoms with E-state index < -0.39 is 23.7 Å². The summed E-state index contributed by atoms with van der Waals surface area (Å²) >= 11 is 5.60. The number of rotatable bonds is 2. The van der Waals surface area contributed by atoms with Gasteiger partial charge in [0, 0.05) is 11.4 Å². The van der Waals surface area contributed by atoms with E-state index >= 15 is 0 Å². The molecule has 1 saturated carbocycles. The van der Waals surface area contributed by atoms with E-state index in [9.17, 15) is 13.6 Å². The Labute approximate surface area is 89.5 Å². The fourth-order valence-corrected chi connectivity index (χ4v) is 1.82. The van der Waals surface area contributed by atoms with Crippen molar-refractivity contribution in [1.82, 2.24) is 0 Å². The molecule has 5 heteroatoms. The highest BCUT2D eigenvalue weighted by Gasteiger charge is 2.77. The normalized spacial score (nSPS) is 27.4. The van der Waals surface area contributed by atoms with Gasteiger partial charge in [-0.15, -0.1) is 0 Å². The zero-order valence-corrected chi connectivity index (χ0v) is 8.26. The molecule has 0 aliphatic heterocycles. The third-order valence-corrected chi connectivity index (χ3v) is 2.94. The molecule has 0 bridgehead atoms. The Morgan fingerprint density at radius 3 is 2.13 bits per heavy atom. The van der Waals surface area contributed by atoms with Crippen LogP contribution in [-0.4, -0.2) is 17.0 Å². The first-order valence-corrected chi connectivity index (χ1v) is 4.65. The van der Waals surface area contributed by atoms with Crippen molar-refractivity contribution in [2.75, 3.05) is 0 Å². The van der Waals surface area contributed by atoms with E-state index in [1.807, 2.05) is 0 Å². The second-order valence-corrected chi connectivity index (χ2v) is 4.04. The molecule has 1 aromatic carbocycles. The average Bonchev–Trinajstić information content (AvgIpc) is 2.72.